The molecule has 0 atom stereocenters. The second-order valence-corrected chi connectivity index (χ2v) is 3.11. The molecule has 0 saturated heterocycles. The first-order valence-electron chi connectivity index (χ1n) is 6.34. The predicted octanol–water partition coefficient (Wildman–Crippen LogP) is 5.33. The van der Waals surface area contributed by atoms with Crippen LogP contribution in [0.1, 0.15) is 26.3 Å². The lowest BCUT2D eigenvalue weighted by atomic mass is 10.2. The van der Waals surface area contributed by atoms with E-state index in [0.29, 0.717) is 0 Å². The van der Waals surface area contributed by atoms with Crippen LogP contribution >= 0.6 is 0 Å². The highest BCUT2D eigenvalue weighted by Gasteiger charge is 1.89. The quantitative estimate of drug-likeness (QED) is 0.652. The minimum Gasteiger partial charge on any atom is -0.494 e. The van der Waals surface area contributed by atoms with Gasteiger partial charge in [0, 0.05) is 0 Å². The normalized spacial score (nSPS) is 8.44. The Hall–Kier alpha value is -1.76. The second kappa shape index (κ2) is 15.2. The molecule has 1 nitrogen and oxygen atoms in total. The van der Waals surface area contributed by atoms with Gasteiger partial charge in [-0.2, -0.15) is 0 Å². The SMILES string of the molecule is C=C/C=C\C=C.CC.CCOc1cccc(C)c1. The van der Waals surface area contributed by atoms with E-state index in [-0.39, 0.29) is 0 Å². The van der Waals surface area contributed by atoms with Gasteiger partial charge in [-0.1, -0.05) is 63.4 Å². The average Bonchev–Trinajstić information content (AvgIpc) is 2.40. The summed E-state index contributed by atoms with van der Waals surface area (Å²) < 4.78 is 5.29. The third-order valence-electron chi connectivity index (χ3n) is 1.68. The summed E-state index contributed by atoms with van der Waals surface area (Å²) in [6.45, 7) is 15.7. The number of hydrogen-bond donors (Lipinski definition) is 0. The van der Waals surface area contributed by atoms with Crippen LogP contribution in [0.2, 0.25) is 0 Å². The Morgan fingerprint density at radius 3 is 2.06 bits per heavy atom. The van der Waals surface area contributed by atoms with Crippen LogP contribution in [0, 0.1) is 6.92 Å². The first kappa shape index (κ1) is 18.6. The molecule has 0 fully saturated rings. The van der Waals surface area contributed by atoms with Crippen molar-refractivity contribution in [3.05, 3.63) is 67.3 Å². The van der Waals surface area contributed by atoms with Gasteiger partial charge < -0.3 is 4.74 Å². The summed E-state index contributed by atoms with van der Waals surface area (Å²) >= 11 is 0. The van der Waals surface area contributed by atoms with Crippen molar-refractivity contribution in [3.8, 4) is 5.75 Å². The van der Waals surface area contributed by atoms with Gasteiger partial charge in [-0.3, -0.25) is 0 Å². The van der Waals surface area contributed by atoms with E-state index in [2.05, 4.69) is 26.1 Å². The molecule has 0 radical (unpaired) electrons. The lowest BCUT2D eigenvalue weighted by molar-refractivity contribution is 0.340. The van der Waals surface area contributed by atoms with E-state index in [1.165, 1.54) is 5.56 Å². The van der Waals surface area contributed by atoms with Crippen LogP contribution in [0.15, 0.2) is 61.7 Å². The minimum atomic E-state index is 0.740. The van der Waals surface area contributed by atoms with Crippen molar-refractivity contribution >= 4 is 0 Å². The second-order valence-electron chi connectivity index (χ2n) is 3.11. The summed E-state index contributed by atoms with van der Waals surface area (Å²) in [4.78, 5) is 0. The summed E-state index contributed by atoms with van der Waals surface area (Å²) in [5.41, 5.74) is 1.24. The van der Waals surface area contributed by atoms with Crippen LogP contribution in [0.4, 0.5) is 0 Å². The van der Waals surface area contributed by atoms with Crippen LogP contribution in [0.25, 0.3) is 0 Å². The van der Waals surface area contributed by atoms with E-state index in [4.69, 9.17) is 4.74 Å². The lowest BCUT2D eigenvalue weighted by Crippen LogP contribution is -1.90. The Labute approximate surface area is 113 Å². The van der Waals surface area contributed by atoms with E-state index in [1.807, 2.05) is 51.1 Å². The Bertz CT molecular complexity index is 327. The maximum absolute atomic E-state index is 5.29. The summed E-state index contributed by atoms with van der Waals surface area (Å²) in [7, 11) is 0. The lowest BCUT2D eigenvalue weighted by Gasteiger charge is -2.01. The van der Waals surface area contributed by atoms with Gasteiger partial charge in [0.1, 0.15) is 5.75 Å². The number of aryl methyl sites for hydroxylation is 1. The fourth-order valence-corrected chi connectivity index (χ4v) is 1.03. The molecular formula is C17H26O. The van der Waals surface area contributed by atoms with Crippen molar-refractivity contribution in [2.75, 3.05) is 6.61 Å². The summed E-state index contributed by atoms with van der Waals surface area (Å²) in [6.07, 6.45) is 7.07. The molecule has 0 saturated carbocycles. The van der Waals surface area contributed by atoms with Gasteiger partial charge in [0.15, 0.2) is 0 Å². The van der Waals surface area contributed by atoms with E-state index in [9.17, 15) is 0 Å². The standard InChI is InChI=1S/C9H12O.C6H8.C2H6/c1-3-10-9-6-4-5-8(2)7-9;1-3-5-6-4-2;1-2/h4-7H,3H2,1-2H3;3-6H,1-2H2;1-2H3/b;6-5-;. The number of hydrogen-bond acceptors (Lipinski definition) is 1. The Morgan fingerprint density at radius 2 is 1.67 bits per heavy atom. The molecule has 1 heteroatoms. The van der Waals surface area contributed by atoms with Crippen LogP contribution in [0.3, 0.4) is 0 Å². The monoisotopic (exact) mass is 246 g/mol. The Balaban J connectivity index is 0. The highest BCUT2D eigenvalue weighted by atomic mass is 16.5. The number of rotatable bonds is 4. The Morgan fingerprint density at radius 1 is 1.11 bits per heavy atom. The number of ether oxygens (including phenoxy) is 1. The van der Waals surface area contributed by atoms with Crippen LogP contribution in [-0.4, -0.2) is 6.61 Å². The first-order chi connectivity index (χ1) is 8.74. The summed E-state index contributed by atoms with van der Waals surface area (Å²) in [5, 5.41) is 0. The molecule has 0 aliphatic heterocycles. The molecule has 0 aliphatic carbocycles. The molecule has 0 aliphatic rings. The average molecular weight is 246 g/mol. The molecule has 0 spiro atoms. The van der Waals surface area contributed by atoms with Gasteiger partial charge in [-0.15, -0.1) is 0 Å². The zero-order chi connectivity index (χ0) is 14.2. The maximum atomic E-state index is 5.29. The molecule has 100 valence electrons. The van der Waals surface area contributed by atoms with Gasteiger partial charge in [-0.05, 0) is 31.5 Å². The summed E-state index contributed by atoms with van der Waals surface area (Å²) in [5.74, 6) is 0.961. The molecule has 0 aromatic heterocycles. The van der Waals surface area contributed by atoms with Gasteiger partial charge in [-0.25, -0.2) is 0 Å². The molecule has 18 heavy (non-hydrogen) atoms. The van der Waals surface area contributed by atoms with Crippen molar-refractivity contribution < 1.29 is 4.74 Å². The van der Waals surface area contributed by atoms with Crippen molar-refractivity contribution in [2.24, 2.45) is 0 Å². The number of allylic oxidation sites excluding steroid dienone is 4. The molecule has 0 bridgehead atoms. The number of benzene rings is 1. The predicted molar refractivity (Wildman–Crippen MR) is 83.2 cm³/mol. The van der Waals surface area contributed by atoms with Crippen LogP contribution in [-0.2, 0) is 0 Å². The molecule has 0 N–H and O–H groups in total. The zero-order valence-electron chi connectivity index (χ0n) is 12.1. The van der Waals surface area contributed by atoms with Gasteiger partial charge in [0.2, 0.25) is 0 Å². The Kier molecular flexibility index (Phi) is 15.7. The maximum Gasteiger partial charge on any atom is 0.119 e. The van der Waals surface area contributed by atoms with Crippen LogP contribution in [0.5, 0.6) is 5.75 Å². The van der Waals surface area contributed by atoms with Crippen LogP contribution < -0.4 is 4.74 Å². The van der Waals surface area contributed by atoms with E-state index >= 15 is 0 Å². The van der Waals surface area contributed by atoms with Crippen molar-refractivity contribution in [1.29, 1.82) is 0 Å². The fraction of sp³-hybridized carbons (Fsp3) is 0.294. The largest absolute Gasteiger partial charge is 0.494 e. The molecule has 0 amide bonds. The smallest absolute Gasteiger partial charge is 0.119 e. The summed E-state index contributed by atoms with van der Waals surface area (Å²) in [6, 6.07) is 8.06. The van der Waals surface area contributed by atoms with Crippen molar-refractivity contribution in [2.45, 2.75) is 27.7 Å². The van der Waals surface area contributed by atoms with E-state index < -0.39 is 0 Å². The van der Waals surface area contributed by atoms with Crippen molar-refractivity contribution in [1.82, 2.24) is 0 Å². The minimum absolute atomic E-state index is 0.740. The van der Waals surface area contributed by atoms with Gasteiger partial charge in [0.05, 0.1) is 6.61 Å². The van der Waals surface area contributed by atoms with E-state index in [1.54, 1.807) is 12.2 Å². The fourth-order valence-electron chi connectivity index (χ4n) is 1.03. The topological polar surface area (TPSA) is 9.23 Å². The highest BCUT2D eigenvalue weighted by Crippen LogP contribution is 2.11. The van der Waals surface area contributed by atoms with Gasteiger partial charge in [0.25, 0.3) is 0 Å². The molecule has 0 heterocycles. The third-order valence-corrected chi connectivity index (χ3v) is 1.68. The third kappa shape index (κ3) is 12.3. The zero-order valence-corrected chi connectivity index (χ0v) is 12.1. The molecule has 1 aromatic rings. The highest BCUT2D eigenvalue weighted by molar-refractivity contribution is 5.27. The molecule has 1 rings (SSSR count). The molecular weight excluding hydrogens is 220 g/mol. The van der Waals surface area contributed by atoms with E-state index in [0.717, 1.165) is 12.4 Å². The molecule has 0 unspecified atom stereocenters. The first-order valence-corrected chi connectivity index (χ1v) is 6.34. The van der Waals surface area contributed by atoms with Crippen molar-refractivity contribution in [3.63, 3.8) is 0 Å². The van der Waals surface area contributed by atoms with Gasteiger partial charge >= 0.3 is 0 Å². The molecule has 1 aromatic carbocycles.